The highest BCUT2D eigenvalue weighted by Crippen LogP contribution is 2.31. The van der Waals surface area contributed by atoms with Gasteiger partial charge in [-0.2, -0.15) is 10.4 Å². The third-order valence-electron chi connectivity index (χ3n) is 11.0. The van der Waals surface area contributed by atoms with Crippen LogP contribution in [0.15, 0.2) is 72.8 Å². The van der Waals surface area contributed by atoms with Crippen LogP contribution in [0, 0.1) is 0 Å². The predicted octanol–water partition coefficient (Wildman–Crippen LogP) is 10.5. The summed E-state index contributed by atoms with van der Waals surface area (Å²) in [5.74, 6) is 4.59. The maximum absolute atomic E-state index is 9.81. The second-order valence-corrected chi connectivity index (χ2v) is 16.2. The number of H-pyrrole nitrogens is 2. The number of hydrogen-bond acceptors (Lipinski definition) is 12. The van der Waals surface area contributed by atoms with Crippen LogP contribution < -0.4 is 9.47 Å². The zero-order valence-electron chi connectivity index (χ0n) is 37.7. The van der Waals surface area contributed by atoms with Crippen LogP contribution in [0.1, 0.15) is 124 Å². The van der Waals surface area contributed by atoms with E-state index < -0.39 is 0 Å². The molecular formula is C46H57Cl5N12O4. The first-order chi connectivity index (χ1) is 31.3. The summed E-state index contributed by atoms with van der Waals surface area (Å²) in [5, 5.41) is 49.0. The fraction of sp³-hybridized carbons (Fsp3) is 0.391. The molecule has 21 heteroatoms. The molecule has 0 aliphatic carbocycles. The number of rotatable bonds is 20. The average Bonchev–Trinajstić information content (AvgIpc) is 4.16. The molecule has 0 aliphatic rings. The Labute approximate surface area is 417 Å². The highest BCUT2D eigenvalue weighted by molar-refractivity contribution is 6.32. The largest absolute Gasteiger partial charge is 0.482 e. The first-order valence-electron chi connectivity index (χ1n) is 21.8. The Morgan fingerprint density at radius 2 is 0.955 bits per heavy atom. The molecule has 0 amide bonds. The van der Waals surface area contributed by atoms with Crippen LogP contribution in [-0.2, 0) is 39.1 Å². The number of aromatic nitrogens is 12. The number of halogens is 5. The van der Waals surface area contributed by atoms with Gasteiger partial charge in [-0.05, 0) is 85.3 Å². The Kier molecular flexibility index (Phi) is 21.5. The number of aliphatic hydroxyl groups is 2. The number of fused-ring (bicyclic) bond motifs is 2. The number of hydrogen-bond donors (Lipinski definition) is 4. The van der Waals surface area contributed by atoms with Gasteiger partial charge in [-0.3, -0.25) is 0 Å². The number of aryl methyl sites for hydroxylation is 2. The number of nitrogens with one attached hydrogen (secondary N) is 2. The van der Waals surface area contributed by atoms with Gasteiger partial charge in [0, 0.05) is 47.1 Å². The van der Waals surface area contributed by atoms with Crippen LogP contribution in [0.5, 0.6) is 11.5 Å². The first-order valence-corrected chi connectivity index (χ1v) is 22.6. The van der Waals surface area contributed by atoms with E-state index in [1.54, 1.807) is 0 Å². The Bertz CT molecular complexity index is 2510. The van der Waals surface area contributed by atoms with Gasteiger partial charge in [0.2, 0.25) is 11.6 Å². The Balaban J connectivity index is 0.000000280. The molecule has 8 rings (SSSR count). The number of aliphatic hydroxyl groups excluding tert-OH is 2. The molecule has 0 bridgehead atoms. The van der Waals surface area contributed by atoms with Crippen LogP contribution >= 0.6 is 60.4 Å². The molecule has 2 atom stereocenters. The number of unbranched alkanes of at least 4 members (excludes halogenated alkanes) is 2. The normalized spacial score (nSPS) is 11.8. The monoisotopic (exact) mass is 1020 g/mol. The summed E-state index contributed by atoms with van der Waals surface area (Å²) < 4.78 is 16.5. The minimum absolute atomic E-state index is 0. The van der Waals surface area contributed by atoms with Crippen molar-refractivity contribution in [3.63, 3.8) is 0 Å². The van der Waals surface area contributed by atoms with Crippen molar-refractivity contribution < 1.29 is 19.7 Å². The van der Waals surface area contributed by atoms with Gasteiger partial charge < -0.3 is 28.8 Å². The summed E-state index contributed by atoms with van der Waals surface area (Å²) in [7, 11) is 0. The second kappa shape index (κ2) is 26.5. The van der Waals surface area contributed by atoms with Gasteiger partial charge in [-0.1, -0.05) is 98.4 Å². The molecule has 2 unspecified atom stereocenters. The van der Waals surface area contributed by atoms with Gasteiger partial charge in [0.1, 0.15) is 23.1 Å². The fourth-order valence-electron chi connectivity index (χ4n) is 7.54. The minimum Gasteiger partial charge on any atom is -0.482 e. The van der Waals surface area contributed by atoms with Gasteiger partial charge in [0.15, 0.2) is 12.2 Å². The Morgan fingerprint density at radius 1 is 0.567 bits per heavy atom. The smallest absolute Gasteiger partial charge is 0.214 e. The summed E-state index contributed by atoms with van der Waals surface area (Å²) in [6, 6.07) is 23.7. The van der Waals surface area contributed by atoms with Crippen molar-refractivity contribution in [1.29, 1.82) is 0 Å². The molecule has 0 saturated carbocycles. The van der Waals surface area contributed by atoms with Crippen molar-refractivity contribution in [2.24, 2.45) is 0 Å². The topological polar surface area (TPSA) is 203 Å². The van der Waals surface area contributed by atoms with Crippen LogP contribution in [0.2, 0.25) is 10.0 Å². The molecule has 4 heterocycles. The molecule has 4 aromatic carbocycles. The second-order valence-electron chi connectivity index (χ2n) is 15.4. The van der Waals surface area contributed by atoms with Crippen molar-refractivity contribution >= 4 is 82.5 Å². The fourth-order valence-corrected chi connectivity index (χ4v) is 7.96. The van der Waals surface area contributed by atoms with Crippen molar-refractivity contribution in [3.8, 4) is 11.5 Å². The van der Waals surface area contributed by atoms with E-state index in [-0.39, 0.29) is 62.6 Å². The van der Waals surface area contributed by atoms with Crippen LogP contribution in [0.3, 0.4) is 0 Å². The molecule has 16 nitrogen and oxygen atoms in total. The Morgan fingerprint density at radius 3 is 1.27 bits per heavy atom. The van der Waals surface area contributed by atoms with E-state index in [1.807, 2.05) is 62.4 Å². The van der Waals surface area contributed by atoms with Crippen molar-refractivity contribution in [1.82, 2.24) is 60.4 Å². The lowest BCUT2D eigenvalue weighted by Gasteiger charge is -2.15. The molecule has 4 aromatic heterocycles. The lowest BCUT2D eigenvalue weighted by Crippen LogP contribution is -2.09. The molecular weight excluding hydrogens is 962 g/mol. The SMILES string of the molecule is CCCCc1nc2c(CO)c(Cl)ccc2n1Cc1ccc(OC(CC)c2nn[nH]n2)cc1.CCCCc1nc2c(CO)c(Cl)ccc2n1Cc1ccc(OC(CC)c2nn[nH]n2)cc1.Cl.Cl.Cl. The number of aromatic amines is 2. The minimum atomic E-state index is -0.250. The van der Waals surface area contributed by atoms with Gasteiger partial charge >= 0.3 is 0 Å². The molecule has 67 heavy (non-hydrogen) atoms. The molecule has 0 spiro atoms. The number of ether oxygens (including phenoxy) is 2. The van der Waals surface area contributed by atoms with Gasteiger partial charge in [-0.25, -0.2) is 9.97 Å². The number of benzene rings is 4. The summed E-state index contributed by atoms with van der Waals surface area (Å²) in [5.41, 5.74) is 7.12. The first kappa shape index (κ1) is 54.5. The third kappa shape index (κ3) is 13.1. The van der Waals surface area contributed by atoms with Crippen LogP contribution in [0.4, 0.5) is 0 Å². The summed E-state index contributed by atoms with van der Waals surface area (Å²) in [6.07, 6.45) is 6.98. The lowest BCUT2D eigenvalue weighted by atomic mass is 10.1. The number of nitrogens with zero attached hydrogens (tertiary/aromatic N) is 10. The van der Waals surface area contributed by atoms with Crippen molar-refractivity contribution in [2.45, 2.75) is 118 Å². The molecule has 0 fully saturated rings. The molecule has 4 N–H and O–H groups in total. The van der Waals surface area contributed by atoms with Crippen LogP contribution in [-0.4, -0.2) is 70.6 Å². The zero-order valence-corrected chi connectivity index (χ0v) is 41.7. The van der Waals surface area contributed by atoms with Gasteiger partial charge in [0.05, 0.1) is 35.3 Å². The van der Waals surface area contributed by atoms with Gasteiger partial charge in [-0.15, -0.1) is 57.6 Å². The molecule has 360 valence electrons. The predicted molar refractivity (Wildman–Crippen MR) is 267 cm³/mol. The highest BCUT2D eigenvalue weighted by atomic mass is 35.5. The molecule has 0 saturated heterocycles. The van der Waals surface area contributed by atoms with E-state index in [0.29, 0.717) is 45.9 Å². The average molecular weight is 1020 g/mol. The molecule has 0 aliphatic heterocycles. The van der Waals surface area contributed by atoms with Crippen molar-refractivity contribution in [2.75, 3.05) is 0 Å². The van der Waals surface area contributed by atoms with E-state index in [9.17, 15) is 10.2 Å². The summed E-state index contributed by atoms with van der Waals surface area (Å²) >= 11 is 12.6. The molecule has 8 aromatic rings. The third-order valence-corrected chi connectivity index (χ3v) is 11.8. The van der Waals surface area contributed by atoms with Crippen molar-refractivity contribution in [3.05, 3.63) is 128 Å². The van der Waals surface area contributed by atoms with Crippen LogP contribution in [0.25, 0.3) is 22.1 Å². The summed E-state index contributed by atoms with van der Waals surface area (Å²) in [4.78, 5) is 9.69. The standard InChI is InChI=1S/2C23H27ClN6O2.3ClH/c2*1-3-5-6-21-25-22-17(14-31)18(24)11-12-19(22)30(21)13-15-7-9-16(10-8-15)32-20(4-2)23-26-28-29-27-23;;;/h2*7-12,20,31H,3-6,13-14H2,1-2H3,(H,26,27,28,29);3*1H. The van der Waals surface area contributed by atoms with Gasteiger partial charge in [0.25, 0.3) is 0 Å². The maximum Gasteiger partial charge on any atom is 0.214 e. The van der Waals surface area contributed by atoms with E-state index in [2.05, 4.69) is 88.5 Å². The Hall–Kier alpha value is -5.07. The lowest BCUT2D eigenvalue weighted by molar-refractivity contribution is 0.191. The maximum atomic E-state index is 9.81. The van der Waals surface area contributed by atoms with E-state index in [0.717, 1.165) is 108 Å². The number of imidazole rings is 2. The van der Waals surface area contributed by atoms with E-state index in [4.69, 9.17) is 42.6 Å². The van der Waals surface area contributed by atoms with E-state index in [1.165, 1.54) is 0 Å². The van der Waals surface area contributed by atoms with E-state index >= 15 is 0 Å². The highest BCUT2D eigenvalue weighted by Gasteiger charge is 2.20. The summed E-state index contributed by atoms with van der Waals surface area (Å²) in [6.45, 7) is 9.44. The quantitative estimate of drug-likeness (QED) is 0.0563. The number of tetrazole rings is 2. The molecule has 0 radical (unpaired) electrons. The zero-order chi connectivity index (χ0) is 45.0.